The quantitative estimate of drug-likeness (QED) is 0.805. The lowest BCUT2D eigenvalue weighted by Crippen LogP contribution is -2.37. The number of rotatable bonds is 6. The van der Waals surface area contributed by atoms with Crippen molar-refractivity contribution < 1.29 is 4.79 Å². The molecule has 0 unspecified atom stereocenters. The third-order valence-electron chi connectivity index (χ3n) is 3.04. The molecule has 2 amide bonds. The van der Waals surface area contributed by atoms with Crippen LogP contribution in [-0.4, -0.2) is 27.3 Å². The molecule has 0 radical (unpaired) electrons. The van der Waals surface area contributed by atoms with Crippen molar-refractivity contribution in [1.82, 2.24) is 25.4 Å². The van der Waals surface area contributed by atoms with Crippen molar-refractivity contribution in [3.8, 4) is 0 Å². The summed E-state index contributed by atoms with van der Waals surface area (Å²) in [4.78, 5) is 16.1. The third-order valence-corrected chi connectivity index (χ3v) is 3.83. The van der Waals surface area contributed by atoms with Crippen molar-refractivity contribution in [2.45, 2.75) is 39.8 Å². The maximum Gasteiger partial charge on any atom is 0.315 e. The summed E-state index contributed by atoms with van der Waals surface area (Å²) in [5.41, 5.74) is 2.05. The van der Waals surface area contributed by atoms with Gasteiger partial charge in [0.05, 0.1) is 22.9 Å². The highest BCUT2D eigenvalue weighted by Crippen LogP contribution is 2.15. The molecular weight excluding hydrogens is 286 g/mol. The predicted octanol–water partition coefficient (Wildman–Crippen LogP) is 2.41. The number of hydrogen-bond donors (Lipinski definition) is 2. The fraction of sp³-hybridized carbons (Fsp3) is 0.500. The third kappa shape index (κ3) is 4.86. The normalized spacial score (nSPS) is 12.1. The Labute approximate surface area is 128 Å². The van der Waals surface area contributed by atoms with Crippen LogP contribution in [-0.2, 0) is 6.54 Å². The highest BCUT2D eigenvalue weighted by atomic mass is 32.1. The summed E-state index contributed by atoms with van der Waals surface area (Å²) in [5, 5.41) is 12.9. The van der Waals surface area contributed by atoms with Gasteiger partial charge >= 0.3 is 6.03 Å². The van der Waals surface area contributed by atoms with E-state index in [1.165, 1.54) is 0 Å². The van der Waals surface area contributed by atoms with Gasteiger partial charge in [0.15, 0.2) is 0 Å². The molecule has 2 rings (SSSR count). The van der Waals surface area contributed by atoms with E-state index < -0.39 is 0 Å². The van der Waals surface area contributed by atoms with Gasteiger partial charge in [-0.2, -0.15) is 5.10 Å². The van der Waals surface area contributed by atoms with Gasteiger partial charge in [-0.25, -0.2) is 9.78 Å². The van der Waals surface area contributed by atoms with E-state index in [2.05, 4.69) is 20.7 Å². The fourth-order valence-electron chi connectivity index (χ4n) is 1.93. The highest BCUT2D eigenvalue weighted by Gasteiger charge is 2.11. The molecule has 0 aromatic carbocycles. The zero-order chi connectivity index (χ0) is 15.2. The summed E-state index contributed by atoms with van der Waals surface area (Å²) in [7, 11) is 0. The molecule has 2 N–H and O–H groups in total. The van der Waals surface area contributed by atoms with Gasteiger partial charge in [-0.3, -0.25) is 4.68 Å². The lowest BCUT2D eigenvalue weighted by molar-refractivity contribution is 0.237. The van der Waals surface area contributed by atoms with Gasteiger partial charge in [-0.1, -0.05) is 0 Å². The van der Waals surface area contributed by atoms with Crippen molar-refractivity contribution in [2.24, 2.45) is 0 Å². The molecule has 2 aromatic heterocycles. The van der Waals surface area contributed by atoms with E-state index in [0.29, 0.717) is 6.54 Å². The van der Waals surface area contributed by atoms with E-state index in [4.69, 9.17) is 0 Å². The number of amides is 2. The average molecular weight is 307 g/mol. The lowest BCUT2D eigenvalue weighted by atomic mass is 10.3. The standard InChI is InChI=1S/C14H21N5OS/c1-10-7-16-19(8-10)6-4-5-15-14(20)17-11(2)13-9-21-12(3)18-13/h7-9,11H,4-6H2,1-3H3,(H2,15,17,20)/t11-/m0/s1. The monoisotopic (exact) mass is 307 g/mol. The van der Waals surface area contributed by atoms with E-state index in [1.807, 2.05) is 43.2 Å². The van der Waals surface area contributed by atoms with E-state index in [9.17, 15) is 4.79 Å². The number of thiazole rings is 1. The number of nitrogens with one attached hydrogen (secondary N) is 2. The van der Waals surface area contributed by atoms with Gasteiger partial charge in [0, 0.05) is 24.7 Å². The van der Waals surface area contributed by atoms with Gasteiger partial charge in [-0.05, 0) is 32.8 Å². The minimum atomic E-state index is -0.162. The van der Waals surface area contributed by atoms with Crippen molar-refractivity contribution >= 4 is 17.4 Å². The Morgan fingerprint density at radius 3 is 2.90 bits per heavy atom. The summed E-state index contributed by atoms with van der Waals surface area (Å²) in [5.74, 6) is 0. The molecule has 0 aliphatic rings. The molecule has 2 heterocycles. The summed E-state index contributed by atoms with van der Waals surface area (Å²) in [6, 6.07) is -0.242. The first-order valence-electron chi connectivity index (χ1n) is 7.00. The SMILES string of the molecule is Cc1cnn(CCCNC(=O)N[C@@H](C)c2csc(C)n2)c1. The number of urea groups is 1. The van der Waals surface area contributed by atoms with E-state index >= 15 is 0 Å². The zero-order valence-corrected chi connectivity index (χ0v) is 13.4. The molecule has 21 heavy (non-hydrogen) atoms. The highest BCUT2D eigenvalue weighted by molar-refractivity contribution is 7.09. The molecule has 0 saturated carbocycles. The Morgan fingerprint density at radius 2 is 2.29 bits per heavy atom. The van der Waals surface area contributed by atoms with Gasteiger partial charge in [0.1, 0.15) is 0 Å². The topological polar surface area (TPSA) is 71.8 Å². The van der Waals surface area contributed by atoms with Crippen LogP contribution in [0.3, 0.4) is 0 Å². The second-order valence-corrected chi connectivity index (χ2v) is 6.11. The van der Waals surface area contributed by atoms with Crippen LogP contribution in [0, 0.1) is 13.8 Å². The van der Waals surface area contributed by atoms with Crippen molar-refractivity contribution in [3.63, 3.8) is 0 Å². The van der Waals surface area contributed by atoms with E-state index in [1.54, 1.807) is 11.3 Å². The molecule has 0 fully saturated rings. The molecule has 114 valence electrons. The fourth-order valence-corrected chi connectivity index (χ4v) is 2.64. The van der Waals surface area contributed by atoms with E-state index in [0.717, 1.165) is 29.2 Å². The molecular formula is C14H21N5OS. The van der Waals surface area contributed by atoms with Crippen LogP contribution in [0.1, 0.15) is 35.7 Å². The van der Waals surface area contributed by atoms with Crippen LogP contribution < -0.4 is 10.6 Å². The maximum absolute atomic E-state index is 11.8. The summed E-state index contributed by atoms with van der Waals surface area (Å²) < 4.78 is 1.88. The van der Waals surface area contributed by atoms with Crippen LogP contribution >= 0.6 is 11.3 Å². The number of aryl methyl sites for hydroxylation is 3. The number of aromatic nitrogens is 3. The first-order valence-corrected chi connectivity index (χ1v) is 7.88. The molecule has 7 heteroatoms. The Bertz CT molecular complexity index is 592. The van der Waals surface area contributed by atoms with Gasteiger partial charge in [-0.15, -0.1) is 11.3 Å². The molecule has 0 aliphatic carbocycles. The maximum atomic E-state index is 11.8. The molecule has 2 aromatic rings. The van der Waals surface area contributed by atoms with Gasteiger partial charge < -0.3 is 10.6 Å². The van der Waals surface area contributed by atoms with Crippen molar-refractivity contribution in [3.05, 3.63) is 34.0 Å². The minimum Gasteiger partial charge on any atom is -0.338 e. The second-order valence-electron chi connectivity index (χ2n) is 5.05. The molecule has 0 bridgehead atoms. The van der Waals surface area contributed by atoms with Crippen molar-refractivity contribution in [2.75, 3.05) is 6.54 Å². The summed E-state index contributed by atoms with van der Waals surface area (Å²) in [6.07, 6.45) is 4.67. The number of carbonyl (C=O) groups is 1. The molecule has 0 saturated heterocycles. The Hall–Kier alpha value is -1.89. The van der Waals surface area contributed by atoms with Crippen LogP contribution in [0.15, 0.2) is 17.8 Å². The molecule has 0 aliphatic heterocycles. The van der Waals surface area contributed by atoms with Crippen LogP contribution in [0.25, 0.3) is 0 Å². The first kappa shape index (κ1) is 15.5. The Kier molecular flexibility index (Phi) is 5.32. The van der Waals surface area contributed by atoms with E-state index in [-0.39, 0.29) is 12.1 Å². The zero-order valence-electron chi connectivity index (χ0n) is 12.6. The summed E-state index contributed by atoms with van der Waals surface area (Å²) in [6.45, 7) is 7.32. The second kappa shape index (κ2) is 7.21. The summed E-state index contributed by atoms with van der Waals surface area (Å²) >= 11 is 1.59. The predicted molar refractivity (Wildman–Crippen MR) is 83.4 cm³/mol. The Balaban J connectivity index is 1.65. The average Bonchev–Trinajstić information content (AvgIpc) is 3.03. The van der Waals surface area contributed by atoms with Gasteiger partial charge in [0.2, 0.25) is 0 Å². The number of nitrogens with zero attached hydrogens (tertiary/aromatic N) is 3. The first-order chi connectivity index (χ1) is 10.0. The lowest BCUT2D eigenvalue weighted by Gasteiger charge is -2.12. The number of carbonyl (C=O) groups excluding carboxylic acids is 1. The minimum absolute atomic E-state index is 0.0799. The Morgan fingerprint density at radius 1 is 1.48 bits per heavy atom. The molecule has 1 atom stereocenters. The van der Waals surface area contributed by atoms with Gasteiger partial charge in [0.25, 0.3) is 0 Å². The smallest absolute Gasteiger partial charge is 0.315 e. The number of hydrogen-bond acceptors (Lipinski definition) is 4. The van der Waals surface area contributed by atoms with Crippen LogP contribution in [0.5, 0.6) is 0 Å². The van der Waals surface area contributed by atoms with Crippen LogP contribution in [0.4, 0.5) is 4.79 Å². The molecule has 6 nitrogen and oxygen atoms in total. The van der Waals surface area contributed by atoms with Crippen LogP contribution in [0.2, 0.25) is 0 Å². The largest absolute Gasteiger partial charge is 0.338 e. The molecule has 0 spiro atoms. The van der Waals surface area contributed by atoms with Crippen molar-refractivity contribution in [1.29, 1.82) is 0 Å².